The van der Waals surface area contributed by atoms with E-state index in [1.807, 2.05) is 0 Å². The Morgan fingerprint density at radius 3 is 2.68 bits per heavy atom. The van der Waals surface area contributed by atoms with Crippen molar-refractivity contribution in [1.29, 1.82) is 0 Å². The van der Waals surface area contributed by atoms with Crippen LogP contribution in [0.5, 0.6) is 0 Å². The minimum absolute atomic E-state index is 0.277. The van der Waals surface area contributed by atoms with Crippen LogP contribution in [0.4, 0.5) is 10.3 Å². The zero-order valence-corrected chi connectivity index (χ0v) is 14.1. The molecule has 0 atom stereocenters. The number of aromatic nitrogens is 3. The number of anilines is 1. The summed E-state index contributed by atoms with van der Waals surface area (Å²) in [7, 11) is 0. The van der Waals surface area contributed by atoms with Crippen molar-refractivity contribution < 1.29 is 14.0 Å². The molecule has 134 valence electrons. The summed E-state index contributed by atoms with van der Waals surface area (Å²) in [5.41, 5.74) is 0.853. The molecular weight excluding hydrogens is 325 g/mol. The average Bonchev–Trinajstić information content (AvgIpc) is 2.63. The molecule has 1 fully saturated rings. The summed E-state index contributed by atoms with van der Waals surface area (Å²) in [4.78, 5) is 16.3. The molecule has 0 bridgehead atoms. The first-order valence-corrected chi connectivity index (χ1v) is 8.56. The van der Waals surface area contributed by atoms with Crippen LogP contribution in [0.3, 0.4) is 0 Å². The molecule has 3 N–H and O–H groups in total. The van der Waals surface area contributed by atoms with E-state index in [1.165, 1.54) is 12.1 Å². The second kappa shape index (κ2) is 8.68. The number of hydrogen-bond donors (Lipinski definition) is 3. The van der Waals surface area contributed by atoms with Crippen LogP contribution in [-0.2, 0) is 11.2 Å². The third kappa shape index (κ3) is 5.33. The summed E-state index contributed by atoms with van der Waals surface area (Å²) >= 11 is 0. The molecule has 7 nitrogen and oxygen atoms in total. The van der Waals surface area contributed by atoms with Crippen LogP contribution in [0.15, 0.2) is 29.1 Å². The van der Waals surface area contributed by atoms with Gasteiger partial charge in [0, 0.05) is 19.4 Å². The maximum absolute atomic E-state index is 12.9. The third-order valence-electron chi connectivity index (χ3n) is 4.25. The van der Waals surface area contributed by atoms with Gasteiger partial charge in [0.05, 0.1) is 19.8 Å². The lowest BCUT2D eigenvalue weighted by molar-refractivity contribution is -0.908. The minimum atomic E-state index is -0.304. The van der Waals surface area contributed by atoms with E-state index in [0.29, 0.717) is 18.1 Å². The number of quaternary nitrogens is 1. The quantitative estimate of drug-likeness (QED) is 0.594. The Hall–Kier alpha value is -2.32. The number of morpholine rings is 1. The summed E-state index contributed by atoms with van der Waals surface area (Å²) in [5, 5.41) is 11.1. The molecule has 0 unspecified atom stereocenters. The van der Waals surface area contributed by atoms with Gasteiger partial charge in [-0.1, -0.05) is 12.1 Å². The molecule has 1 aliphatic rings. The summed E-state index contributed by atoms with van der Waals surface area (Å²) < 4.78 is 18.2. The fraction of sp³-hybridized carbons (Fsp3) is 0.471. The number of nitrogens with one attached hydrogen (secondary N) is 3. The molecule has 1 aliphatic heterocycles. The molecule has 1 saturated heterocycles. The van der Waals surface area contributed by atoms with Gasteiger partial charge in [0.2, 0.25) is 5.95 Å². The van der Waals surface area contributed by atoms with Crippen LogP contribution < -0.4 is 15.8 Å². The fourth-order valence-electron chi connectivity index (χ4n) is 2.81. The second-order valence-electron chi connectivity index (χ2n) is 6.15. The Bertz CT molecular complexity index is 729. The molecule has 1 aromatic heterocycles. The summed E-state index contributed by atoms with van der Waals surface area (Å²) in [6.45, 7) is 5.56. The van der Waals surface area contributed by atoms with Crippen molar-refractivity contribution in [2.45, 2.75) is 12.8 Å². The summed E-state index contributed by atoms with van der Waals surface area (Å²) in [6, 6.07) is 6.00. The molecular formula is C17H23FN5O2+. The number of ether oxygens (including phenoxy) is 1. The van der Waals surface area contributed by atoms with E-state index in [-0.39, 0.29) is 11.4 Å². The molecule has 25 heavy (non-hydrogen) atoms. The number of aromatic amines is 1. The van der Waals surface area contributed by atoms with Crippen molar-refractivity contribution in [3.8, 4) is 0 Å². The largest absolute Gasteiger partial charge is 0.370 e. The van der Waals surface area contributed by atoms with Crippen LogP contribution in [0, 0.1) is 5.82 Å². The highest BCUT2D eigenvalue weighted by atomic mass is 19.1. The number of nitrogens with zero attached hydrogens (tertiary/aromatic N) is 2. The predicted octanol–water partition coefficient (Wildman–Crippen LogP) is -0.388. The van der Waals surface area contributed by atoms with E-state index in [0.717, 1.165) is 51.4 Å². The molecule has 0 spiro atoms. The van der Waals surface area contributed by atoms with Crippen molar-refractivity contribution >= 4 is 5.95 Å². The number of H-pyrrole nitrogens is 1. The second-order valence-corrected chi connectivity index (χ2v) is 6.15. The average molecular weight is 348 g/mol. The lowest BCUT2D eigenvalue weighted by Crippen LogP contribution is -3.14. The van der Waals surface area contributed by atoms with Crippen molar-refractivity contribution in [1.82, 2.24) is 15.2 Å². The molecule has 0 saturated carbocycles. The highest BCUT2D eigenvalue weighted by molar-refractivity contribution is 5.24. The van der Waals surface area contributed by atoms with Crippen molar-refractivity contribution in [2.75, 3.05) is 44.7 Å². The monoisotopic (exact) mass is 348 g/mol. The maximum Gasteiger partial charge on any atom is 0.274 e. The van der Waals surface area contributed by atoms with Gasteiger partial charge in [-0.15, -0.1) is 10.2 Å². The first-order valence-electron chi connectivity index (χ1n) is 8.56. The maximum atomic E-state index is 12.9. The minimum Gasteiger partial charge on any atom is -0.370 e. The first-order chi connectivity index (χ1) is 12.2. The first kappa shape index (κ1) is 17.5. The van der Waals surface area contributed by atoms with E-state index in [9.17, 15) is 9.18 Å². The smallest absolute Gasteiger partial charge is 0.274 e. The van der Waals surface area contributed by atoms with Crippen LogP contribution in [0.1, 0.15) is 17.7 Å². The normalized spacial score (nSPS) is 15.2. The number of hydrogen-bond acceptors (Lipinski definition) is 5. The molecule has 0 radical (unpaired) electrons. The Morgan fingerprint density at radius 1 is 1.20 bits per heavy atom. The van der Waals surface area contributed by atoms with E-state index >= 15 is 0 Å². The number of halogens is 1. The van der Waals surface area contributed by atoms with Gasteiger partial charge in [0.1, 0.15) is 24.6 Å². The summed E-state index contributed by atoms with van der Waals surface area (Å²) in [6.07, 6.45) is 1.31. The Kier molecular flexibility index (Phi) is 6.08. The van der Waals surface area contributed by atoms with E-state index < -0.39 is 0 Å². The molecule has 2 heterocycles. The SMILES string of the molecule is O=c1[nH]c(NCCC[NH+]2CCOCC2)nnc1Cc1ccc(F)cc1. The summed E-state index contributed by atoms with van der Waals surface area (Å²) in [5.74, 6) is 0.0760. The standard InChI is InChI=1S/C17H22FN5O2/c18-14-4-2-13(3-5-14)12-15-16(24)20-17(22-21-15)19-6-1-7-23-8-10-25-11-9-23/h2-5H,1,6-12H2,(H2,19,20,22,24)/p+1. The Labute approximate surface area is 145 Å². The van der Waals surface area contributed by atoms with Gasteiger partial charge in [0.15, 0.2) is 0 Å². The topological polar surface area (TPSA) is 84.3 Å². The highest BCUT2D eigenvalue weighted by Crippen LogP contribution is 2.06. The molecule has 0 amide bonds. The van der Waals surface area contributed by atoms with E-state index in [1.54, 1.807) is 17.0 Å². The van der Waals surface area contributed by atoms with Crippen molar-refractivity contribution in [3.05, 3.63) is 51.7 Å². The van der Waals surface area contributed by atoms with Crippen LogP contribution in [-0.4, -0.2) is 54.6 Å². The third-order valence-corrected chi connectivity index (χ3v) is 4.25. The lowest BCUT2D eigenvalue weighted by Gasteiger charge is -2.23. The molecule has 3 rings (SSSR count). The van der Waals surface area contributed by atoms with Gasteiger partial charge in [-0.2, -0.15) is 0 Å². The number of benzene rings is 1. The van der Waals surface area contributed by atoms with Gasteiger partial charge < -0.3 is 15.0 Å². The predicted molar refractivity (Wildman–Crippen MR) is 91.3 cm³/mol. The van der Waals surface area contributed by atoms with Gasteiger partial charge in [-0.3, -0.25) is 9.78 Å². The van der Waals surface area contributed by atoms with Crippen molar-refractivity contribution in [2.24, 2.45) is 0 Å². The zero-order chi connectivity index (χ0) is 17.5. The van der Waals surface area contributed by atoms with E-state index in [4.69, 9.17) is 4.74 Å². The zero-order valence-electron chi connectivity index (χ0n) is 14.1. The van der Waals surface area contributed by atoms with Crippen LogP contribution >= 0.6 is 0 Å². The van der Waals surface area contributed by atoms with Gasteiger partial charge in [0.25, 0.3) is 5.56 Å². The molecule has 0 aliphatic carbocycles. The Balaban J connectivity index is 1.47. The molecule has 8 heteroatoms. The van der Waals surface area contributed by atoms with Crippen molar-refractivity contribution in [3.63, 3.8) is 0 Å². The van der Waals surface area contributed by atoms with Gasteiger partial charge >= 0.3 is 0 Å². The van der Waals surface area contributed by atoms with Gasteiger partial charge in [-0.05, 0) is 17.7 Å². The van der Waals surface area contributed by atoms with Crippen LogP contribution in [0.2, 0.25) is 0 Å². The number of rotatable bonds is 7. The molecule has 2 aromatic rings. The van der Waals surface area contributed by atoms with E-state index in [2.05, 4.69) is 20.5 Å². The fourth-order valence-corrected chi connectivity index (χ4v) is 2.81. The Morgan fingerprint density at radius 2 is 1.96 bits per heavy atom. The highest BCUT2D eigenvalue weighted by Gasteiger charge is 2.12. The van der Waals surface area contributed by atoms with Gasteiger partial charge in [-0.25, -0.2) is 4.39 Å². The lowest BCUT2D eigenvalue weighted by atomic mass is 10.1. The molecule has 1 aromatic carbocycles. The van der Waals surface area contributed by atoms with Crippen LogP contribution in [0.25, 0.3) is 0 Å².